The molecule has 3 aromatic rings. The van der Waals surface area contributed by atoms with Crippen molar-refractivity contribution < 1.29 is 28.2 Å². The second kappa shape index (κ2) is 11.5. The van der Waals surface area contributed by atoms with Crippen molar-refractivity contribution in [2.75, 3.05) is 32.6 Å². The Bertz CT molecular complexity index is 1240. The lowest BCUT2D eigenvalue weighted by atomic mass is 10.2. The Kier molecular flexibility index (Phi) is 8.44. The third-order valence-corrected chi connectivity index (χ3v) is 5.72. The minimum atomic E-state index is -0.603. The van der Waals surface area contributed by atoms with Crippen molar-refractivity contribution in [3.8, 4) is 0 Å². The van der Waals surface area contributed by atoms with Crippen molar-refractivity contribution in [3.63, 3.8) is 0 Å². The highest BCUT2D eigenvalue weighted by atomic mass is 32.1. The molecule has 0 fully saturated rings. The van der Waals surface area contributed by atoms with Crippen molar-refractivity contribution in [2.45, 2.75) is 13.5 Å². The van der Waals surface area contributed by atoms with Crippen LogP contribution < -0.4 is 5.32 Å². The second-order valence-corrected chi connectivity index (χ2v) is 8.31. The van der Waals surface area contributed by atoms with Gasteiger partial charge in [0.2, 0.25) is 5.91 Å². The molecule has 34 heavy (non-hydrogen) atoms. The Labute approximate surface area is 200 Å². The Balaban J connectivity index is 1.83. The summed E-state index contributed by atoms with van der Waals surface area (Å²) in [7, 11) is 3.03. The van der Waals surface area contributed by atoms with E-state index in [1.54, 1.807) is 43.1 Å². The van der Waals surface area contributed by atoms with E-state index >= 15 is 0 Å². The van der Waals surface area contributed by atoms with E-state index in [0.717, 1.165) is 11.3 Å². The standard InChI is InChI=1S/C24H24FN3O5S/c1-4-33-20(30)14-28(2)13-17-9-10-18-21(22(24(31)32-3)34-23(18)26-17)27-19(29)11-8-15-6-5-7-16(25)12-15/h5-12H,4,13-14H2,1-3H3,(H,27,29)/b11-8+. The molecule has 2 heterocycles. The number of hydrogen-bond donors (Lipinski definition) is 1. The average molecular weight is 486 g/mol. The first kappa shape index (κ1) is 25.0. The van der Waals surface area contributed by atoms with Gasteiger partial charge in [0.15, 0.2) is 0 Å². The van der Waals surface area contributed by atoms with Gasteiger partial charge in [-0.1, -0.05) is 12.1 Å². The summed E-state index contributed by atoms with van der Waals surface area (Å²) >= 11 is 1.09. The number of halogens is 1. The lowest BCUT2D eigenvalue weighted by Crippen LogP contribution is -2.27. The first-order valence-electron chi connectivity index (χ1n) is 10.4. The minimum absolute atomic E-state index is 0.115. The molecule has 1 aromatic carbocycles. The van der Waals surface area contributed by atoms with Gasteiger partial charge in [0.25, 0.3) is 0 Å². The van der Waals surface area contributed by atoms with E-state index in [1.807, 2.05) is 0 Å². The van der Waals surface area contributed by atoms with Gasteiger partial charge in [0.05, 0.1) is 31.6 Å². The first-order chi connectivity index (χ1) is 16.3. The summed E-state index contributed by atoms with van der Waals surface area (Å²) in [5.41, 5.74) is 1.50. The summed E-state index contributed by atoms with van der Waals surface area (Å²) in [6.07, 6.45) is 2.73. The van der Waals surface area contributed by atoms with Gasteiger partial charge in [-0.3, -0.25) is 14.5 Å². The molecule has 3 rings (SSSR count). The molecule has 0 spiro atoms. The number of amides is 1. The van der Waals surface area contributed by atoms with Crippen LogP contribution in [-0.4, -0.2) is 55.0 Å². The monoisotopic (exact) mass is 485 g/mol. The Morgan fingerprint density at radius 2 is 2.03 bits per heavy atom. The topological polar surface area (TPSA) is 97.8 Å². The Morgan fingerprint density at radius 3 is 2.74 bits per heavy atom. The van der Waals surface area contributed by atoms with Crippen LogP contribution in [0.5, 0.6) is 0 Å². The van der Waals surface area contributed by atoms with Crippen LogP contribution in [0, 0.1) is 5.82 Å². The molecule has 8 nitrogen and oxygen atoms in total. The number of nitrogens with one attached hydrogen (secondary N) is 1. The molecule has 0 aliphatic heterocycles. The Hall–Kier alpha value is -3.63. The molecule has 0 saturated heterocycles. The van der Waals surface area contributed by atoms with Crippen LogP contribution in [0.4, 0.5) is 10.1 Å². The predicted octanol–water partition coefficient (Wildman–Crippen LogP) is 3.87. The zero-order chi connectivity index (χ0) is 24.7. The van der Waals surface area contributed by atoms with Crippen LogP contribution in [0.15, 0.2) is 42.5 Å². The van der Waals surface area contributed by atoms with Gasteiger partial charge in [-0.2, -0.15) is 0 Å². The van der Waals surface area contributed by atoms with Gasteiger partial charge >= 0.3 is 11.9 Å². The summed E-state index contributed by atoms with van der Waals surface area (Å²) in [5.74, 6) is -1.83. The third-order valence-electron chi connectivity index (χ3n) is 4.64. The molecule has 2 aromatic heterocycles. The highest BCUT2D eigenvalue weighted by Gasteiger charge is 2.21. The van der Waals surface area contributed by atoms with Crippen LogP contribution in [0.25, 0.3) is 16.3 Å². The lowest BCUT2D eigenvalue weighted by Gasteiger charge is -2.14. The molecule has 10 heteroatoms. The Morgan fingerprint density at radius 1 is 1.24 bits per heavy atom. The summed E-state index contributed by atoms with van der Waals surface area (Å²) in [6, 6.07) is 9.33. The number of anilines is 1. The van der Waals surface area contributed by atoms with Crippen molar-refractivity contribution in [1.29, 1.82) is 0 Å². The maximum Gasteiger partial charge on any atom is 0.350 e. The number of pyridine rings is 1. The average Bonchev–Trinajstić information content (AvgIpc) is 3.14. The maximum atomic E-state index is 13.3. The van der Waals surface area contributed by atoms with E-state index in [2.05, 4.69) is 10.3 Å². The van der Waals surface area contributed by atoms with Crippen molar-refractivity contribution >= 4 is 51.2 Å². The fourth-order valence-electron chi connectivity index (χ4n) is 3.17. The van der Waals surface area contributed by atoms with E-state index < -0.39 is 17.7 Å². The number of hydrogen-bond acceptors (Lipinski definition) is 8. The van der Waals surface area contributed by atoms with Crippen LogP contribution in [0.1, 0.15) is 27.9 Å². The molecule has 0 radical (unpaired) electrons. The second-order valence-electron chi connectivity index (χ2n) is 7.31. The van der Waals surface area contributed by atoms with E-state index in [9.17, 15) is 18.8 Å². The number of fused-ring (bicyclic) bond motifs is 1. The van der Waals surface area contributed by atoms with Crippen molar-refractivity contribution in [1.82, 2.24) is 9.88 Å². The molecular weight excluding hydrogens is 461 g/mol. The minimum Gasteiger partial charge on any atom is -0.465 e. The van der Waals surface area contributed by atoms with Gasteiger partial charge < -0.3 is 14.8 Å². The number of esters is 2. The number of aromatic nitrogens is 1. The number of likely N-dealkylation sites (N-methyl/N-ethyl adjacent to an activating group) is 1. The highest BCUT2D eigenvalue weighted by molar-refractivity contribution is 7.21. The van der Waals surface area contributed by atoms with Gasteiger partial charge in [-0.15, -0.1) is 11.3 Å². The zero-order valence-electron chi connectivity index (χ0n) is 19.0. The summed E-state index contributed by atoms with van der Waals surface area (Å²) in [4.78, 5) is 43.6. The summed E-state index contributed by atoms with van der Waals surface area (Å²) < 4.78 is 23.2. The number of nitrogens with zero attached hydrogens (tertiary/aromatic N) is 2. The molecule has 0 bridgehead atoms. The molecule has 178 valence electrons. The van der Waals surface area contributed by atoms with Crippen LogP contribution in [0.2, 0.25) is 0 Å². The normalized spacial score (nSPS) is 11.2. The lowest BCUT2D eigenvalue weighted by molar-refractivity contribution is -0.144. The van der Waals surface area contributed by atoms with E-state index in [4.69, 9.17) is 9.47 Å². The van der Waals surface area contributed by atoms with E-state index in [0.29, 0.717) is 40.3 Å². The predicted molar refractivity (Wildman–Crippen MR) is 128 cm³/mol. The number of carbonyl (C=O) groups excluding carboxylic acids is 3. The number of benzene rings is 1. The van der Waals surface area contributed by atoms with Crippen molar-refractivity contribution in [2.24, 2.45) is 0 Å². The number of methoxy groups -OCH3 is 1. The summed E-state index contributed by atoms with van der Waals surface area (Å²) in [5, 5.41) is 3.29. The first-order valence-corrected chi connectivity index (χ1v) is 11.2. The number of carbonyl (C=O) groups is 3. The molecule has 0 unspecified atom stereocenters. The quantitative estimate of drug-likeness (QED) is 0.363. The molecular formula is C24H24FN3O5S. The zero-order valence-corrected chi connectivity index (χ0v) is 19.8. The van der Waals surface area contributed by atoms with E-state index in [1.165, 1.54) is 31.4 Å². The van der Waals surface area contributed by atoms with Crippen LogP contribution >= 0.6 is 11.3 Å². The fraction of sp³-hybridized carbons (Fsp3) is 0.250. The van der Waals surface area contributed by atoms with E-state index in [-0.39, 0.29) is 17.4 Å². The molecule has 0 aliphatic rings. The number of rotatable bonds is 9. The van der Waals surface area contributed by atoms with Gasteiger partial charge in [-0.05, 0) is 49.9 Å². The molecule has 0 aliphatic carbocycles. The number of ether oxygens (including phenoxy) is 2. The third kappa shape index (κ3) is 6.46. The summed E-state index contributed by atoms with van der Waals surface area (Å²) in [6.45, 7) is 2.56. The molecule has 1 N–H and O–H groups in total. The molecule has 1 amide bonds. The van der Waals surface area contributed by atoms with Crippen LogP contribution in [0.3, 0.4) is 0 Å². The van der Waals surface area contributed by atoms with Gasteiger partial charge in [0, 0.05) is 18.0 Å². The maximum absolute atomic E-state index is 13.3. The SMILES string of the molecule is CCOC(=O)CN(C)Cc1ccc2c(NC(=O)/C=C/c3cccc(F)c3)c(C(=O)OC)sc2n1. The smallest absolute Gasteiger partial charge is 0.350 e. The number of thiophene rings is 1. The van der Waals surface area contributed by atoms with Crippen molar-refractivity contribution in [3.05, 3.63) is 64.4 Å². The van der Waals surface area contributed by atoms with Gasteiger partial charge in [0.1, 0.15) is 15.5 Å². The van der Waals surface area contributed by atoms with Gasteiger partial charge in [-0.25, -0.2) is 14.2 Å². The molecule has 0 atom stereocenters. The fourth-order valence-corrected chi connectivity index (χ4v) is 4.24. The highest BCUT2D eigenvalue weighted by Crippen LogP contribution is 2.35. The van der Waals surface area contributed by atoms with Crippen LogP contribution in [-0.2, 0) is 25.6 Å². The molecule has 0 saturated carbocycles. The largest absolute Gasteiger partial charge is 0.465 e.